The van der Waals surface area contributed by atoms with E-state index in [0.29, 0.717) is 59.2 Å². The Morgan fingerprint density at radius 3 is 2.55 bits per heavy atom. The molecule has 5 rings (SSSR count). The van der Waals surface area contributed by atoms with Crippen molar-refractivity contribution < 1.29 is 13.7 Å². The number of piperidine rings is 1. The van der Waals surface area contributed by atoms with E-state index in [0.717, 1.165) is 6.54 Å². The van der Waals surface area contributed by atoms with Crippen molar-refractivity contribution in [1.82, 2.24) is 24.4 Å². The van der Waals surface area contributed by atoms with Crippen LogP contribution in [0, 0.1) is 17.2 Å². The van der Waals surface area contributed by atoms with Crippen molar-refractivity contribution in [3.63, 3.8) is 0 Å². The monoisotopic (exact) mass is 565 g/mol. The van der Waals surface area contributed by atoms with Gasteiger partial charge >= 0.3 is 6.09 Å². The van der Waals surface area contributed by atoms with Gasteiger partial charge in [-0.05, 0) is 82.7 Å². The van der Waals surface area contributed by atoms with Crippen LogP contribution in [-0.2, 0) is 21.3 Å². The van der Waals surface area contributed by atoms with Crippen molar-refractivity contribution in [1.29, 1.82) is 5.26 Å². The molecule has 3 heterocycles. The number of likely N-dealkylation sites (tertiary alicyclic amines) is 1. The predicted molar refractivity (Wildman–Crippen MR) is 152 cm³/mol. The minimum Gasteiger partial charge on any atom is -0.444 e. The lowest BCUT2D eigenvalue weighted by Crippen LogP contribution is -2.49. The summed E-state index contributed by atoms with van der Waals surface area (Å²) in [5.74, 6) is 0.990. The molecule has 3 N–H and O–H groups in total. The van der Waals surface area contributed by atoms with Gasteiger partial charge in [0.2, 0.25) is 0 Å². The van der Waals surface area contributed by atoms with Gasteiger partial charge in [-0.1, -0.05) is 0 Å². The maximum Gasteiger partial charge on any atom is 0.410 e. The lowest BCUT2D eigenvalue weighted by atomic mass is 9.85. The molecule has 0 bridgehead atoms. The van der Waals surface area contributed by atoms with Crippen LogP contribution >= 0.6 is 0 Å². The molecule has 1 aromatic carbocycles. The lowest BCUT2D eigenvalue weighted by molar-refractivity contribution is 0.0110. The van der Waals surface area contributed by atoms with Crippen LogP contribution in [0.3, 0.4) is 0 Å². The highest BCUT2D eigenvalue weighted by Gasteiger charge is 2.41. The molecule has 1 atom stereocenters. The molecule has 40 heavy (non-hydrogen) atoms. The third-order valence-corrected chi connectivity index (χ3v) is 8.47. The SMILES string of the molecule is CC(C)(C)OC(=O)N1CCC(CC#N)(n2nc(Nc3ccc(S(=O)NCC4CC4)cc3)c3c(=O)[nH]ccc32)CC1. The number of pyridine rings is 1. The topological polar surface area (TPSA) is 145 Å². The van der Waals surface area contributed by atoms with E-state index in [1.807, 2.05) is 20.8 Å². The molecule has 212 valence electrons. The fraction of sp³-hybridized carbons (Fsp3) is 0.500. The van der Waals surface area contributed by atoms with Crippen LogP contribution < -0.4 is 15.6 Å². The maximum absolute atomic E-state index is 13.0. The quantitative estimate of drug-likeness (QED) is 0.372. The van der Waals surface area contributed by atoms with E-state index >= 15 is 0 Å². The highest BCUT2D eigenvalue weighted by Crippen LogP contribution is 2.38. The molecule has 1 saturated heterocycles. The van der Waals surface area contributed by atoms with Crippen LogP contribution in [0.2, 0.25) is 0 Å². The molecule has 1 amide bonds. The highest BCUT2D eigenvalue weighted by molar-refractivity contribution is 7.83. The van der Waals surface area contributed by atoms with Gasteiger partial charge in [-0.15, -0.1) is 0 Å². The first-order chi connectivity index (χ1) is 19.1. The largest absolute Gasteiger partial charge is 0.444 e. The summed E-state index contributed by atoms with van der Waals surface area (Å²) in [7, 11) is -1.28. The Kier molecular flexibility index (Phi) is 7.70. The van der Waals surface area contributed by atoms with E-state index in [9.17, 15) is 19.1 Å². The van der Waals surface area contributed by atoms with Gasteiger partial charge < -0.3 is 19.9 Å². The van der Waals surface area contributed by atoms with Crippen LogP contribution in [0.25, 0.3) is 10.9 Å². The van der Waals surface area contributed by atoms with E-state index in [1.54, 1.807) is 46.1 Å². The fourth-order valence-corrected chi connectivity index (χ4v) is 5.90. The van der Waals surface area contributed by atoms with E-state index in [4.69, 9.17) is 9.84 Å². The molecule has 1 aliphatic heterocycles. The number of aromatic amines is 1. The number of carbonyl (C=O) groups is 1. The summed E-state index contributed by atoms with van der Waals surface area (Å²) in [6.45, 7) is 7.04. The van der Waals surface area contributed by atoms with Crippen molar-refractivity contribution in [3.05, 3.63) is 46.9 Å². The summed E-state index contributed by atoms with van der Waals surface area (Å²) in [5.41, 5.74) is -0.307. The molecule has 0 spiro atoms. The minimum absolute atomic E-state index is 0.173. The number of H-pyrrole nitrogens is 1. The number of carbonyl (C=O) groups excluding carboxylic acids is 1. The molecular weight excluding hydrogens is 530 g/mol. The summed E-state index contributed by atoms with van der Waals surface area (Å²) >= 11 is 0. The van der Waals surface area contributed by atoms with Crippen molar-refractivity contribution in [2.45, 2.75) is 68.9 Å². The number of fused-ring (bicyclic) bond motifs is 1. The van der Waals surface area contributed by atoms with Crippen LogP contribution in [0.1, 0.15) is 52.9 Å². The number of ether oxygens (including phenoxy) is 1. The number of hydrogen-bond donors (Lipinski definition) is 3. The molecule has 11 nitrogen and oxygen atoms in total. The summed E-state index contributed by atoms with van der Waals surface area (Å²) in [6, 6.07) is 11.3. The van der Waals surface area contributed by atoms with Gasteiger partial charge in [-0.3, -0.25) is 9.48 Å². The third kappa shape index (κ3) is 6.05. The predicted octanol–water partition coefficient (Wildman–Crippen LogP) is 4.13. The Morgan fingerprint density at radius 2 is 1.93 bits per heavy atom. The second-order valence-electron chi connectivity index (χ2n) is 11.6. The standard InChI is InChI=1S/C28H35N7O4S/c1-27(2,3)39-26(37)34-16-12-28(11-14-29,13-17-34)35-22-10-15-30-25(36)23(22)24(33-35)32-20-6-8-21(9-7-20)40(38)31-18-19-4-5-19/h6-10,15,19,31H,4-5,11-13,16-18H2,1-3H3,(H,30,36)(H,32,33). The van der Waals surface area contributed by atoms with E-state index in [-0.39, 0.29) is 18.1 Å². The van der Waals surface area contributed by atoms with Crippen LogP contribution in [0.4, 0.5) is 16.3 Å². The second-order valence-corrected chi connectivity index (χ2v) is 12.9. The zero-order valence-electron chi connectivity index (χ0n) is 23.0. The molecule has 3 aromatic rings. The highest BCUT2D eigenvalue weighted by atomic mass is 32.2. The molecule has 1 saturated carbocycles. The number of rotatable bonds is 8. The maximum atomic E-state index is 13.0. The number of aromatic nitrogens is 3. The Morgan fingerprint density at radius 1 is 1.23 bits per heavy atom. The molecule has 0 radical (unpaired) electrons. The Hall–Kier alpha value is -3.69. The van der Waals surface area contributed by atoms with E-state index in [2.05, 4.69) is 21.1 Å². The number of anilines is 2. The summed E-state index contributed by atoms with van der Waals surface area (Å²) in [4.78, 5) is 30.7. The summed E-state index contributed by atoms with van der Waals surface area (Å²) < 4.78 is 22.9. The number of nitrogens with zero attached hydrogens (tertiary/aromatic N) is 4. The Bertz CT molecular complexity index is 1500. The Labute approximate surface area is 235 Å². The van der Waals surface area contributed by atoms with Gasteiger partial charge in [0.15, 0.2) is 5.82 Å². The van der Waals surface area contributed by atoms with Crippen molar-refractivity contribution in [2.75, 3.05) is 25.0 Å². The average Bonchev–Trinajstić information content (AvgIpc) is 3.67. The molecule has 1 unspecified atom stereocenters. The number of nitrogens with one attached hydrogen (secondary N) is 3. The van der Waals surface area contributed by atoms with Crippen LogP contribution in [0.5, 0.6) is 0 Å². The minimum atomic E-state index is -1.28. The molecule has 12 heteroatoms. The zero-order valence-corrected chi connectivity index (χ0v) is 23.8. The first-order valence-corrected chi connectivity index (χ1v) is 14.7. The van der Waals surface area contributed by atoms with Gasteiger partial charge in [0.05, 0.1) is 28.4 Å². The van der Waals surface area contributed by atoms with Gasteiger partial charge in [0.1, 0.15) is 22.0 Å². The smallest absolute Gasteiger partial charge is 0.410 e. The molecule has 2 fully saturated rings. The number of benzene rings is 1. The number of hydrogen-bond acceptors (Lipinski definition) is 7. The number of nitriles is 1. The average molecular weight is 566 g/mol. The van der Waals surface area contributed by atoms with Gasteiger partial charge in [0.25, 0.3) is 5.56 Å². The molecule has 1 aliphatic carbocycles. The van der Waals surface area contributed by atoms with Crippen molar-refractivity contribution in [3.8, 4) is 6.07 Å². The molecular formula is C28H35N7O4S. The van der Waals surface area contributed by atoms with Crippen LogP contribution in [-0.4, -0.2) is 55.2 Å². The van der Waals surface area contributed by atoms with Crippen molar-refractivity contribution >= 4 is 39.5 Å². The normalized spacial score (nSPS) is 17.8. The number of amides is 1. The van der Waals surface area contributed by atoms with E-state index in [1.165, 1.54) is 12.8 Å². The van der Waals surface area contributed by atoms with Gasteiger partial charge in [-0.2, -0.15) is 10.4 Å². The first-order valence-electron chi connectivity index (χ1n) is 13.6. The van der Waals surface area contributed by atoms with Gasteiger partial charge in [-0.25, -0.2) is 13.7 Å². The van der Waals surface area contributed by atoms with E-state index < -0.39 is 22.1 Å². The lowest BCUT2D eigenvalue weighted by Gasteiger charge is -2.41. The van der Waals surface area contributed by atoms with Crippen molar-refractivity contribution in [2.24, 2.45) is 5.92 Å². The molecule has 2 aromatic heterocycles. The Balaban J connectivity index is 1.40. The first kappa shape index (κ1) is 27.9. The van der Waals surface area contributed by atoms with Crippen LogP contribution in [0.15, 0.2) is 46.2 Å². The molecule has 2 aliphatic rings. The fourth-order valence-electron chi connectivity index (χ4n) is 4.97. The summed E-state index contributed by atoms with van der Waals surface area (Å²) in [6.07, 6.45) is 4.70. The van der Waals surface area contributed by atoms with Gasteiger partial charge in [0, 0.05) is 31.5 Å². The third-order valence-electron chi connectivity index (χ3n) is 7.34. The summed E-state index contributed by atoms with van der Waals surface area (Å²) in [5, 5.41) is 18.2. The second kappa shape index (κ2) is 11.1. The zero-order chi connectivity index (χ0) is 28.5.